The first kappa shape index (κ1) is 14.9. The van der Waals surface area contributed by atoms with Crippen molar-refractivity contribution in [2.45, 2.75) is 33.4 Å². The minimum atomic E-state index is 0.576. The molecule has 0 amide bonds. The maximum absolute atomic E-state index is 3.46. The normalized spacial score (nSPS) is 11.4. The lowest BCUT2D eigenvalue weighted by Gasteiger charge is -2.21. The predicted octanol–water partition coefficient (Wildman–Crippen LogP) is 3.11. The maximum Gasteiger partial charge on any atom is 0.0234 e. The fourth-order valence-electron chi connectivity index (χ4n) is 1.71. The van der Waals surface area contributed by atoms with Crippen LogP contribution in [0.15, 0.2) is 24.3 Å². The Morgan fingerprint density at radius 3 is 2.41 bits per heavy atom. The van der Waals surface area contributed by atoms with E-state index in [1.165, 1.54) is 9.13 Å². The summed E-state index contributed by atoms with van der Waals surface area (Å²) in [7, 11) is 0. The Kier molecular flexibility index (Phi) is 7.08. The average molecular weight is 346 g/mol. The van der Waals surface area contributed by atoms with E-state index in [-0.39, 0.29) is 0 Å². The van der Waals surface area contributed by atoms with Gasteiger partial charge in [-0.1, -0.05) is 32.9 Å². The second kappa shape index (κ2) is 8.06. The van der Waals surface area contributed by atoms with E-state index in [1.807, 2.05) is 0 Å². The summed E-state index contributed by atoms with van der Waals surface area (Å²) in [4.78, 5) is 2.47. The second-order valence-corrected chi connectivity index (χ2v) is 5.85. The molecule has 17 heavy (non-hydrogen) atoms. The van der Waals surface area contributed by atoms with Crippen LogP contribution in [0, 0.1) is 3.57 Å². The van der Waals surface area contributed by atoms with Crippen LogP contribution < -0.4 is 5.32 Å². The van der Waals surface area contributed by atoms with Gasteiger partial charge in [-0.25, -0.2) is 0 Å². The van der Waals surface area contributed by atoms with Crippen molar-refractivity contribution < 1.29 is 0 Å². The Morgan fingerprint density at radius 2 is 1.88 bits per heavy atom. The highest BCUT2D eigenvalue weighted by Gasteiger charge is 2.03. The van der Waals surface area contributed by atoms with E-state index < -0.39 is 0 Å². The van der Waals surface area contributed by atoms with Gasteiger partial charge in [-0.15, -0.1) is 0 Å². The number of halogens is 1. The van der Waals surface area contributed by atoms with Crippen LogP contribution in [0.2, 0.25) is 0 Å². The molecule has 0 atom stereocenters. The molecule has 0 aliphatic carbocycles. The summed E-state index contributed by atoms with van der Waals surface area (Å²) in [6.45, 7) is 10.9. The van der Waals surface area contributed by atoms with Crippen molar-refractivity contribution in [1.82, 2.24) is 10.2 Å². The van der Waals surface area contributed by atoms with Crippen molar-refractivity contribution in [1.29, 1.82) is 0 Å². The van der Waals surface area contributed by atoms with Crippen LogP contribution in [0.4, 0.5) is 0 Å². The standard InChI is InChI=1S/C14H23IN2/c1-4-17(10-9-16-12(2)3)11-13-5-7-14(15)8-6-13/h5-8,12,16H,4,9-11H2,1-3H3. The molecule has 1 aromatic carbocycles. The molecule has 1 aromatic rings. The zero-order chi connectivity index (χ0) is 12.7. The highest BCUT2D eigenvalue weighted by Crippen LogP contribution is 2.09. The molecule has 0 saturated carbocycles. The first-order valence-corrected chi connectivity index (χ1v) is 7.40. The van der Waals surface area contributed by atoms with Gasteiger partial charge in [0.2, 0.25) is 0 Å². The Balaban J connectivity index is 2.38. The van der Waals surface area contributed by atoms with Crippen LogP contribution >= 0.6 is 22.6 Å². The van der Waals surface area contributed by atoms with Crippen molar-refractivity contribution in [3.8, 4) is 0 Å². The highest BCUT2D eigenvalue weighted by molar-refractivity contribution is 14.1. The van der Waals surface area contributed by atoms with Crippen LogP contribution in [-0.2, 0) is 6.54 Å². The van der Waals surface area contributed by atoms with Crippen LogP contribution in [0.3, 0.4) is 0 Å². The van der Waals surface area contributed by atoms with E-state index in [2.05, 4.69) is 77.8 Å². The highest BCUT2D eigenvalue weighted by atomic mass is 127. The smallest absolute Gasteiger partial charge is 0.0234 e. The summed E-state index contributed by atoms with van der Waals surface area (Å²) in [5, 5.41) is 3.46. The van der Waals surface area contributed by atoms with Crippen LogP contribution in [0.1, 0.15) is 26.3 Å². The monoisotopic (exact) mass is 346 g/mol. The lowest BCUT2D eigenvalue weighted by Crippen LogP contribution is -2.34. The average Bonchev–Trinajstić information content (AvgIpc) is 2.30. The number of hydrogen-bond donors (Lipinski definition) is 1. The molecule has 0 fully saturated rings. The quantitative estimate of drug-likeness (QED) is 0.764. The van der Waals surface area contributed by atoms with Gasteiger partial charge in [0, 0.05) is 29.2 Å². The predicted molar refractivity (Wildman–Crippen MR) is 83.2 cm³/mol. The molecule has 0 aliphatic heterocycles. The van der Waals surface area contributed by atoms with Crippen molar-refractivity contribution in [3.63, 3.8) is 0 Å². The number of likely N-dealkylation sites (N-methyl/N-ethyl adjacent to an activating group) is 1. The minimum absolute atomic E-state index is 0.576. The summed E-state index contributed by atoms with van der Waals surface area (Å²) < 4.78 is 1.30. The number of benzene rings is 1. The molecule has 0 bridgehead atoms. The van der Waals surface area contributed by atoms with Gasteiger partial charge in [0.05, 0.1) is 0 Å². The van der Waals surface area contributed by atoms with Crippen LogP contribution in [0.25, 0.3) is 0 Å². The van der Waals surface area contributed by atoms with Crippen LogP contribution in [-0.4, -0.2) is 30.6 Å². The second-order valence-electron chi connectivity index (χ2n) is 4.60. The van der Waals surface area contributed by atoms with Crippen molar-refractivity contribution in [2.75, 3.05) is 19.6 Å². The maximum atomic E-state index is 3.46. The third-order valence-corrected chi connectivity index (χ3v) is 3.47. The first-order chi connectivity index (χ1) is 8.11. The van der Waals surface area contributed by atoms with E-state index in [9.17, 15) is 0 Å². The fourth-order valence-corrected chi connectivity index (χ4v) is 2.07. The number of nitrogens with one attached hydrogen (secondary N) is 1. The summed E-state index contributed by atoms with van der Waals surface area (Å²) in [6.07, 6.45) is 0. The van der Waals surface area contributed by atoms with Gasteiger partial charge in [-0.05, 0) is 46.8 Å². The third kappa shape index (κ3) is 6.38. The molecule has 0 heterocycles. The summed E-state index contributed by atoms with van der Waals surface area (Å²) in [5.41, 5.74) is 1.40. The fraction of sp³-hybridized carbons (Fsp3) is 0.571. The van der Waals surface area contributed by atoms with Crippen molar-refractivity contribution in [3.05, 3.63) is 33.4 Å². The van der Waals surface area contributed by atoms with Gasteiger partial charge in [0.15, 0.2) is 0 Å². The Bertz CT molecular complexity index is 309. The molecule has 0 unspecified atom stereocenters. The van der Waals surface area contributed by atoms with E-state index in [4.69, 9.17) is 0 Å². The minimum Gasteiger partial charge on any atom is -0.313 e. The van der Waals surface area contributed by atoms with Crippen molar-refractivity contribution in [2.24, 2.45) is 0 Å². The molecule has 0 aromatic heterocycles. The lowest BCUT2D eigenvalue weighted by molar-refractivity contribution is 0.276. The molecular formula is C14H23IN2. The molecule has 0 spiro atoms. The van der Waals surface area contributed by atoms with E-state index >= 15 is 0 Å². The molecule has 0 aliphatic rings. The summed E-state index contributed by atoms with van der Waals surface area (Å²) in [6, 6.07) is 9.37. The SMILES string of the molecule is CCN(CCNC(C)C)Cc1ccc(I)cc1. The lowest BCUT2D eigenvalue weighted by atomic mass is 10.2. The van der Waals surface area contributed by atoms with Crippen molar-refractivity contribution >= 4 is 22.6 Å². The molecule has 3 heteroatoms. The van der Waals surface area contributed by atoms with Crippen LogP contribution in [0.5, 0.6) is 0 Å². The van der Waals surface area contributed by atoms with Gasteiger partial charge in [0.1, 0.15) is 0 Å². The van der Waals surface area contributed by atoms with Gasteiger partial charge in [-0.3, -0.25) is 4.90 Å². The first-order valence-electron chi connectivity index (χ1n) is 6.32. The number of hydrogen-bond acceptors (Lipinski definition) is 2. The molecular weight excluding hydrogens is 323 g/mol. The number of rotatable bonds is 7. The van der Waals surface area contributed by atoms with E-state index in [0.717, 1.165) is 26.2 Å². The van der Waals surface area contributed by atoms with Gasteiger partial charge in [-0.2, -0.15) is 0 Å². The van der Waals surface area contributed by atoms with Gasteiger partial charge in [0.25, 0.3) is 0 Å². The molecule has 2 nitrogen and oxygen atoms in total. The van der Waals surface area contributed by atoms with E-state index in [0.29, 0.717) is 6.04 Å². The summed E-state index contributed by atoms with van der Waals surface area (Å²) >= 11 is 2.35. The molecule has 0 radical (unpaired) electrons. The van der Waals surface area contributed by atoms with Gasteiger partial charge >= 0.3 is 0 Å². The Hall–Kier alpha value is -0.130. The Labute approximate surface area is 119 Å². The molecule has 0 saturated heterocycles. The zero-order valence-corrected chi connectivity index (χ0v) is 13.2. The number of nitrogens with zero attached hydrogens (tertiary/aromatic N) is 1. The van der Waals surface area contributed by atoms with E-state index in [1.54, 1.807) is 0 Å². The summed E-state index contributed by atoms with van der Waals surface area (Å²) in [5.74, 6) is 0. The topological polar surface area (TPSA) is 15.3 Å². The zero-order valence-electron chi connectivity index (χ0n) is 11.0. The van der Waals surface area contributed by atoms with Gasteiger partial charge < -0.3 is 5.32 Å². The molecule has 96 valence electrons. The Morgan fingerprint density at radius 1 is 1.24 bits per heavy atom. The molecule has 1 N–H and O–H groups in total. The molecule has 1 rings (SSSR count). The third-order valence-electron chi connectivity index (χ3n) is 2.75. The largest absolute Gasteiger partial charge is 0.313 e.